The molecule has 1 aromatic carbocycles. The minimum Gasteiger partial charge on any atom is -0.487 e. The van der Waals surface area contributed by atoms with Crippen LogP contribution in [-0.4, -0.2) is 50.6 Å². The summed E-state index contributed by atoms with van der Waals surface area (Å²) < 4.78 is 13.2. The summed E-state index contributed by atoms with van der Waals surface area (Å²) in [6, 6.07) is 8.17. The first kappa shape index (κ1) is 25.0. The quantitative estimate of drug-likeness (QED) is 0.578. The van der Waals surface area contributed by atoms with Gasteiger partial charge in [-0.3, -0.25) is 0 Å². The number of benzene rings is 1. The van der Waals surface area contributed by atoms with Crippen LogP contribution in [0, 0.1) is 0 Å². The van der Waals surface area contributed by atoms with Crippen molar-refractivity contribution in [3.63, 3.8) is 0 Å². The summed E-state index contributed by atoms with van der Waals surface area (Å²) in [5, 5.41) is 21.0. The molecular weight excluding hydrogens is 414 g/mol. The van der Waals surface area contributed by atoms with E-state index in [-0.39, 0.29) is 17.6 Å². The molecule has 1 aromatic heterocycles. The van der Waals surface area contributed by atoms with E-state index in [0.717, 1.165) is 18.0 Å². The lowest BCUT2D eigenvalue weighted by atomic mass is 9.87. The van der Waals surface area contributed by atoms with Crippen LogP contribution in [0.25, 0.3) is 0 Å². The van der Waals surface area contributed by atoms with Crippen molar-refractivity contribution >= 4 is 17.3 Å². The number of rotatable bonds is 6. The summed E-state index contributed by atoms with van der Waals surface area (Å²) in [6.45, 7) is 10.9. The van der Waals surface area contributed by atoms with Gasteiger partial charge in [0.15, 0.2) is 5.11 Å². The highest BCUT2D eigenvalue weighted by molar-refractivity contribution is 7.80. The number of nitrogens with one attached hydrogen (secondary N) is 1. The number of nitrogens with two attached hydrogens (primary N) is 1. The van der Waals surface area contributed by atoms with Crippen molar-refractivity contribution in [1.29, 1.82) is 0 Å². The largest absolute Gasteiger partial charge is 0.487 e. The lowest BCUT2D eigenvalue weighted by Gasteiger charge is -2.26. The van der Waals surface area contributed by atoms with E-state index in [1.807, 2.05) is 25.3 Å². The van der Waals surface area contributed by atoms with Crippen molar-refractivity contribution in [3.05, 3.63) is 41.7 Å². The summed E-state index contributed by atoms with van der Waals surface area (Å²) in [5.41, 5.74) is 7.21. The van der Waals surface area contributed by atoms with E-state index in [1.165, 1.54) is 5.56 Å². The Labute approximate surface area is 190 Å². The molecule has 9 heteroatoms. The predicted molar refractivity (Wildman–Crippen MR) is 125 cm³/mol. The third kappa shape index (κ3) is 9.20. The van der Waals surface area contributed by atoms with Gasteiger partial charge in [-0.2, -0.15) is 0 Å². The van der Waals surface area contributed by atoms with E-state index in [2.05, 4.69) is 60.8 Å². The van der Waals surface area contributed by atoms with Gasteiger partial charge in [-0.05, 0) is 48.7 Å². The first-order valence-corrected chi connectivity index (χ1v) is 11.0. The zero-order valence-corrected chi connectivity index (χ0v) is 19.7. The van der Waals surface area contributed by atoms with Crippen LogP contribution in [0.5, 0.6) is 5.75 Å². The molecule has 2 atom stereocenters. The number of thiocarbonyl (C=S) groups is 1. The first-order chi connectivity index (χ1) is 14.7. The Kier molecular flexibility index (Phi) is 9.67. The normalized spacial score (nSPS) is 18.6. The van der Waals surface area contributed by atoms with E-state index in [0.29, 0.717) is 37.7 Å². The average Bonchev–Trinajstić information content (AvgIpc) is 3.14. The standard InChI is InChI=1S/C19H27N3O3.C3H8N2S/c1-19(2,3)14-4-6-17(7-5-14)25-13-15-11-22(21-20-15)12-18-10-16(23)8-9-24-18;1-2-5-3(4)6/h4-7,11,16,18,23H,8-10,12-13H2,1-3H3;2H2,1H3,(H3,4,5,6). The fraction of sp³-hybridized carbons (Fsp3) is 0.591. The molecule has 1 saturated heterocycles. The molecule has 1 aliphatic rings. The third-order valence-corrected chi connectivity index (χ3v) is 4.92. The Morgan fingerprint density at radius 1 is 1.35 bits per heavy atom. The van der Waals surface area contributed by atoms with Crippen molar-refractivity contribution in [2.45, 2.75) is 71.3 Å². The van der Waals surface area contributed by atoms with Crippen molar-refractivity contribution < 1.29 is 14.6 Å². The number of aromatic nitrogens is 3. The van der Waals surface area contributed by atoms with Gasteiger partial charge in [0, 0.05) is 19.6 Å². The molecule has 0 spiro atoms. The maximum Gasteiger partial charge on any atom is 0.163 e. The Morgan fingerprint density at radius 2 is 2.06 bits per heavy atom. The van der Waals surface area contributed by atoms with E-state index in [4.69, 9.17) is 15.2 Å². The highest BCUT2D eigenvalue weighted by Crippen LogP contribution is 2.24. The zero-order chi connectivity index (χ0) is 22.9. The highest BCUT2D eigenvalue weighted by Gasteiger charge is 2.21. The molecule has 2 aromatic rings. The second kappa shape index (κ2) is 12.0. The van der Waals surface area contributed by atoms with Crippen LogP contribution >= 0.6 is 12.2 Å². The monoisotopic (exact) mass is 449 g/mol. The molecule has 0 bridgehead atoms. The van der Waals surface area contributed by atoms with Crippen LogP contribution in [-0.2, 0) is 23.3 Å². The Morgan fingerprint density at radius 3 is 2.61 bits per heavy atom. The highest BCUT2D eigenvalue weighted by atomic mass is 32.1. The first-order valence-electron chi connectivity index (χ1n) is 10.6. The topological polar surface area (TPSA) is 107 Å². The second-order valence-corrected chi connectivity index (χ2v) is 9.00. The summed E-state index contributed by atoms with van der Waals surface area (Å²) in [5.74, 6) is 0.821. The van der Waals surface area contributed by atoms with E-state index < -0.39 is 0 Å². The average molecular weight is 450 g/mol. The number of aliphatic hydroxyl groups excluding tert-OH is 1. The van der Waals surface area contributed by atoms with Crippen LogP contribution in [0.15, 0.2) is 30.5 Å². The molecule has 31 heavy (non-hydrogen) atoms. The van der Waals surface area contributed by atoms with Crippen molar-refractivity contribution in [2.75, 3.05) is 13.2 Å². The molecule has 8 nitrogen and oxygen atoms in total. The number of ether oxygens (including phenoxy) is 2. The molecule has 4 N–H and O–H groups in total. The molecule has 2 heterocycles. The minimum absolute atomic E-state index is 0.0100. The summed E-state index contributed by atoms with van der Waals surface area (Å²) in [6.07, 6.45) is 2.94. The van der Waals surface area contributed by atoms with Crippen LogP contribution in [0.3, 0.4) is 0 Å². The van der Waals surface area contributed by atoms with Gasteiger partial charge in [0.05, 0.1) is 24.9 Å². The van der Waals surface area contributed by atoms with Gasteiger partial charge in [0.25, 0.3) is 0 Å². The fourth-order valence-electron chi connectivity index (χ4n) is 3.07. The van der Waals surface area contributed by atoms with Crippen LogP contribution < -0.4 is 15.8 Å². The summed E-state index contributed by atoms with van der Waals surface area (Å²) in [4.78, 5) is 0. The Hall–Kier alpha value is -2.23. The van der Waals surface area contributed by atoms with E-state index in [1.54, 1.807) is 4.68 Å². The zero-order valence-electron chi connectivity index (χ0n) is 18.9. The number of nitrogens with zero attached hydrogens (tertiary/aromatic N) is 3. The molecule has 0 amide bonds. The Bertz CT molecular complexity index is 804. The van der Waals surface area contributed by atoms with E-state index >= 15 is 0 Å². The van der Waals surface area contributed by atoms with Gasteiger partial charge in [-0.25, -0.2) is 4.68 Å². The molecule has 0 aliphatic carbocycles. The molecule has 1 aliphatic heterocycles. The lowest BCUT2D eigenvalue weighted by Crippen LogP contribution is -2.32. The molecule has 1 fully saturated rings. The minimum atomic E-state index is -0.277. The van der Waals surface area contributed by atoms with Gasteiger partial charge >= 0.3 is 0 Å². The fourth-order valence-corrected chi connectivity index (χ4v) is 3.22. The maximum atomic E-state index is 9.70. The van der Waals surface area contributed by atoms with Crippen LogP contribution in [0.1, 0.15) is 51.8 Å². The number of aliphatic hydroxyl groups is 1. The van der Waals surface area contributed by atoms with Gasteiger partial charge in [0.2, 0.25) is 0 Å². The van der Waals surface area contributed by atoms with Crippen LogP contribution in [0.2, 0.25) is 0 Å². The van der Waals surface area contributed by atoms with Crippen molar-refractivity contribution in [2.24, 2.45) is 5.73 Å². The molecule has 0 saturated carbocycles. The van der Waals surface area contributed by atoms with E-state index in [9.17, 15) is 5.11 Å². The summed E-state index contributed by atoms with van der Waals surface area (Å²) >= 11 is 4.46. The number of hydrogen-bond donors (Lipinski definition) is 3. The van der Waals surface area contributed by atoms with Gasteiger partial charge < -0.3 is 25.6 Å². The summed E-state index contributed by atoms with van der Waals surface area (Å²) in [7, 11) is 0. The molecule has 0 radical (unpaired) electrons. The number of hydrogen-bond acceptors (Lipinski definition) is 6. The molecule has 3 rings (SSSR count). The maximum absolute atomic E-state index is 9.70. The molecule has 2 unspecified atom stereocenters. The predicted octanol–water partition coefficient (Wildman–Crippen LogP) is 2.53. The van der Waals surface area contributed by atoms with Gasteiger partial charge in [-0.1, -0.05) is 38.1 Å². The smallest absolute Gasteiger partial charge is 0.163 e. The van der Waals surface area contributed by atoms with Crippen molar-refractivity contribution in [1.82, 2.24) is 20.3 Å². The SMILES string of the molecule is CC(C)(C)c1ccc(OCc2cn(CC3CC(O)CCO3)nn2)cc1.CCNC(N)=S. The third-order valence-electron chi connectivity index (χ3n) is 4.77. The van der Waals surface area contributed by atoms with Crippen LogP contribution in [0.4, 0.5) is 0 Å². The van der Waals surface area contributed by atoms with Gasteiger partial charge in [-0.15, -0.1) is 5.10 Å². The molecular formula is C22H35N5O3S. The second-order valence-electron chi connectivity index (χ2n) is 8.56. The van der Waals surface area contributed by atoms with Crippen molar-refractivity contribution in [3.8, 4) is 5.75 Å². The lowest BCUT2D eigenvalue weighted by molar-refractivity contribution is -0.0512. The van der Waals surface area contributed by atoms with Gasteiger partial charge in [0.1, 0.15) is 18.1 Å². The molecule has 172 valence electrons. The Balaban J connectivity index is 0.000000501.